The van der Waals surface area contributed by atoms with E-state index in [-0.39, 0.29) is 22.8 Å². The van der Waals surface area contributed by atoms with Crippen molar-refractivity contribution in [1.82, 2.24) is 19.8 Å². The number of H-pyrrole nitrogens is 1. The highest BCUT2D eigenvalue weighted by molar-refractivity contribution is 7.09. The number of ether oxygens (including phenoxy) is 1. The van der Waals surface area contributed by atoms with Crippen molar-refractivity contribution in [2.75, 3.05) is 32.8 Å². The van der Waals surface area contributed by atoms with E-state index < -0.39 is 6.10 Å². The smallest absolute Gasteiger partial charge is 0.273 e. The molecule has 6 rings (SSSR count). The largest absolute Gasteiger partial charge is 0.506 e. The number of carbonyl (C=O) groups excluding carboxylic acids is 1. The van der Waals surface area contributed by atoms with Crippen molar-refractivity contribution in [2.24, 2.45) is 0 Å². The Morgan fingerprint density at radius 3 is 2.67 bits per heavy atom. The minimum atomic E-state index is -0.675. The maximum absolute atomic E-state index is 13.2. The number of pyridine rings is 1. The molecule has 1 atom stereocenters. The summed E-state index contributed by atoms with van der Waals surface area (Å²) in [6.07, 6.45) is 4.47. The van der Waals surface area contributed by atoms with Crippen molar-refractivity contribution in [3.8, 4) is 5.75 Å². The van der Waals surface area contributed by atoms with E-state index in [2.05, 4.69) is 53.0 Å². The average Bonchev–Trinajstić information content (AvgIpc) is 3.56. The summed E-state index contributed by atoms with van der Waals surface area (Å²) in [5.74, 6) is 0.341. The first kappa shape index (κ1) is 32.4. The summed E-state index contributed by atoms with van der Waals surface area (Å²) in [5, 5.41) is 24.6. The molecule has 4 aromatic rings. The molecule has 0 radical (unpaired) electrons. The second-order valence-corrected chi connectivity index (χ2v) is 14.0. The van der Waals surface area contributed by atoms with E-state index in [9.17, 15) is 19.8 Å². The number of nitrogens with one attached hydrogen (secondary N) is 1. The molecule has 2 aliphatic heterocycles. The lowest BCUT2D eigenvalue weighted by atomic mass is 9.89. The maximum atomic E-state index is 13.2. The van der Waals surface area contributed by atoms with Crippen LogP contribution in [0.1, 0.15) is 90.2 Å². The van der Waals surface area contributed by atoms with E-state index in [0.717, 1.165) is 56.7 Å². The lowest BCUT2D eigenvalue weighted by molar-refractivity contribution is -0.128. The standard InChI is InChI=1S/C36H44N4O5S/c1-24(2)34-37-29(22-46-34)35(44)40-18-19-45-36(23-40)14-16-39(17-15-36)21-26-8-5-7-25(20-26)6-3-4-9-30(41)27-10-12-31(42)33-28(27)11-13-32(43)38-33/h5,7-8,10-13,20,22,24,30,41-42H,3-4,6,9,14-19,21,23H2,1-2H3,(H,38,43)/t30-/m0/s1. The Morgan fingerprint density at radius 2 is 1.89 bits per heavy atom. The first-order valence-corrected chi connectivity index (χ1v) is 17.3. The number of aromatic amines is 1. The van der Waals surface area contributed by atoms with Crippen molar-refractivity contribution in [2.45, 2.75) is 76.5 Å². The number of piperidine rings is 1. The van der Waals surface area contributed by atoms with Gasteiger partial charge in [-0.25, -0.2) is 4.98 Å². The molecule has 2 aliphatic rings. The van der Waals surface area contributed by atoms with Gasteiger partial charge >= 0.3 is 0 Å². The third kappa shape index (κ3) is 7.36. The molecule has 0 saturated carbocycles. The Balaban J connectivity index is 0.970. The first-order valence-electron chi connectivity index (χ1n) is 16.4. The molecule has 0 bridgehead atoms. The van der Waals surface area contributed by atoms with Gasteiger partial charge < -0.3 is 24.8 Å². The molecule has 2 aromatic carbocycles. The van der Waals surface area contributed by atoms with Gasteiger partial charge in [-0.3, -0.25) is 14.5 Å². The summed E-state index contributed by atoms with van der Waals surface area (Å²) in [6.45, 7) is 8.75. The second-order valence-electron chi connectivity index (χ2n) is 13.1. The summed E-state index contributed by atoms with van der Waals surface area (Å²) in [5.41, 5.74) is 3.66. The van der Waals surface area contributed by atoms with Crippen LogP contribution in [-0.4, -0.2) is 74.3 Å². The third-order valence-electron chi connectivity index (χ3n) is 9.39. The van der Waals surface area contributed by atoms with Crippen molar-refractivity contribution in [1.29, 1.82) is 0 Å². The number of nitrogens with zero attached hydrogens (tertiary/aromatic N) is 3. The lowest BCUT2D eigenvalue weighted by Crippen LogP contribution is -2.58. The summed E-state index contributed by atoms with van der Waals surface area (Å²) in [7, 11) is 0. The van der Waals surface area contributed by atoms with Gasteiger partial charge in [-0.1, -0.05) is 50.6 Å². The molecule has 0 aliphatic carbocycles. The summed E-state index contributed by atoms with van der Waals surface area (Å²) in [6, 6.07) is 15.1. The molecule has 2 aromatic heterocycles. The van der Waals surface area contributed by atoms with Crippen LogP contribution in [0.25, 0.3) is 10.9 Å². The van der Waals surface area contributed by atoms with Gasteiger partial charge in [0, 0.05) is 48.9 Å². The van der Waals surface area contributed by atoms with Gasteiger partial charge in [-0.2, -0.15) is 0 Å². The van der Waals surface area contributed by atoms with Crippen molar-refractivity contribution >= 4 is 28.1 Å². The average molecular weight is 645 g/mol. The molecule has 244 valence electrons. The number of phenolic OH excluding ortho intramolecular Hbond substituents is 1. The fourth-order valence-corrected chi connectivity index (χ4v) is 7.58. The number of unbranched alkanes of at least 4 members (excludes halogenated alkanes) is 1. The van der Waals surface area contributed by atoms with Gasteiger partial charge in [0.25, 0.3) is 5.91 Å². The van der Waals surface area contributed by atoms with Crippen LogP contribution >= 0.6 is 11.3 Å². The summed E-state index contributed by atoms with van der Waals surface area (Å²) in [4.78, 5) is 36.6. The Kier molecular flexibility index (Phi) is 9.89. The highest BCUT2D eigenvalue weighted by Crippen LogP contribution is 2.33. The van der Waals surface area contributed by atoms with Crippen LogP contribution in [0.2, 0.25) is 0 Å². The number of phenols is 1. The zero-order chi connectivity index (χ0) is 32.3. The second kappa shape index (κ2) is 14.0. The zero-order valence-electron chi connectivity index (χ0n) is 26.7. The molecule has 46 heavy (non-hydrogen) atoms. The quantitative estimate of drug-likeness (QED) is 0.188. The zero-order valence-corrected chi connectivity index (χ0v) is 27.5. The van der Waals surface area contributed by atoms with Gasteiger partial charge in [0.2, 0.25) is 5.56 Å². The number of hydrogen-bond acceptors (Lipinski definition) is 8. The fraction of sp³-hybridized carbons (Fsp3) is 0.472. The number of aromatic hydroxyl groups is 1. The van der Waals surface area contributed by atoms with E-state index in [1.807, 2.05) is 10.3 Å². The van der Waals surface area contributed by atoms with Crippen LogP contribution in [0.5, 0.6) is 5.75 Å². The number of amides is 1. The minimum absolute atomic E-state index is 0.000711. The Labute approximate surface area is 273 Å². The molecular weight excluding hydrogens is 600 g/mol. The van der Waals surface area contributed by atoms with E-state index in [1.165, 1.54) is 23.3 Å². The topological polar surface area (TPSA) is 119 Å². The number of fused-ring (bicyclic) bond motifs is 1. The number of likely N-dealkylation sites (tertiary alicyclic amines) is 1. The molecule has 2 saturated heterocycles. The van der Waals surface area contributed by atoms with Crippen LogP contribution in [0.4, 0.5) is 0 Å². The maximum Gasteiger partial charge on any atom is 0.273 e. The van der Waals surface area contributed by atoms with Gasteiger partial charge in [0.05, 0.1) is 35.4 Å². The summed E-state index contributed by atoms with van der Waals surface area (Å²) >= 11 is 1.56. The van der Waals surface area contributed by atoms with E-state index in [4.69, 9.17) is 4.74 Å². The molecule has 3 N–H and O–H groups in total. The van der Waals surface area contributed by atoms with E-state index in [1.54, 1.807) is 23.5 Å². The number of benzene rings is 2. The number of thiazole rings is 1. The van der Waals surface area contributed by atoms with Crippen molar-refractivity contribution in [3.63, 3.8) is 0 Å². The van der Waals surface area contributed by atoms with Gasteiger partial charge in [0.1, 0.15) is 11.4 Å². The SMILES string of the molecule is CC(C)c1nc(C(=O)N2CCOC3(CCN(Cc4cccc(CCCC[C@H](O)c5ccc(O)c6[nH]c(=O)ccc56)c4)CC3)C2)cs1. The monoisotopic (exact) mass is 644 g/mol. The lowest BCUT2D eigenvalue weighted by Gasteiger charge is -2.47. The molecule has 1 amide bonds. The minimum Gasteiger partial charge on any atom is -0.506 e. The predicted molar refractivity (Wildman–Crippen MR) is 180 cm³/mol. The van der Waals surface area contributed by atoms with Crippen molar-refractivity contribution in [3.05, 3.63) is 91.7 Å². The highest BCUT2D eigenvalue weighted by atomic mass is 32.1. The third-order valence-corrected chi connectivity index (χ3v) is 10.5. The van der Waals surface area contributed by atoms with E-state index >= 15 is 0 Å². The number of aliphatic hydroxyl groups excluding tert-OH is 1. The van der Waals surface area contributed by atoms with Crippen molar-refractivity contribution < 1.29 is 19.7 Å². The van der Waals surface area contributed by atoms with Gasteiger partial charge in [-0.15, -0.1) is 11.3 Å². The molecule has 2 fully saturated rings. The number of aryl methyl sites for hydroxylation is 1. The number of morpholine rings is 1. The Morgan fingerprint density at radius 1 is 1.09 bits per heavy atom. The molecule has 4 heterocycles. The normalized spacial score (nSPS) is 17.6. The van der Waals surface area contributed by atoms with E-state index in [0.29, 0.717) is 54.2 Å². The number of carbonyl (C=O) groups is 1. The molecule has 9 nitrogen and oxygen atoms in total. The number of aliphatic hydroxyl groups is 1. The molecular formula is C36H44N4O5S. The molecule has 10 heteroatoms. The number of aromatic nitrogens is 2. The van der Waals surface area contributed by atoms with Crippen LogP contribution in [0.15, 0.2) is 58.7 Å². The van der Waals surface area contributed by atoms with Gasteiger partial charge in [-0.05, 0) is 60.9 Å². The Hall–Kier alpha value is -3.57. The highest BCUT2D eigenvalue weighted by Gasteiger charge is 2.41. The van der Waals surface area contributed by atoms with Gasteiger partial charge in [0.15, 0.2) is 0 Å². The van der Waals surface area contributed by atoms with Crippen LogP contribution in [0, 0.1) is 0 Å². The van der Waals surface area contributed by atoms with Crippen LogP contribution in [-0.2, 0) is 17.7 Å². The van der Waals surface area contributed by atoms with Crippen LogP contribution in [0.3, 0.4) is 0 Å². The Bertz CT molecular complexity index is 1720. The first-order chi connectivity index (χ1) is 22.2. The summed E-state index contributed by atoms with van der Waals surface area (Å²) < 4.78 is 6.33. The van der Waals surface area contributed by atoms with Crippen LogP contribution < -0.4 is 5.56 Å². The number of rotatable bonds is 10. The molecule has 1 spiro atoms. The molecule has 0 unspecified atom stereocenters. The predicted octanol–water partition coefficient (Wildman–Crippen LogP) is 5.77. The number of hydrogen-bond donors (Lipinski definition) is 3. The fourth-order valence-electron chi connectivity index (χ4n) is 6.77.